The summed E-state index contributed by atoms with van der Waals surface area (Å²) in [6.45, 7) is 6.52. The normalized spacial score (nSPS) is 15.5. The van der Waals surface area contributed by atoms with Crippen LogP contribution in [-0.2, 0) is 4.79 Å². The number of fused-ring (bicyclic) bond motifs is 1. The molecule has 1 aliphatic rings. The summed E-state index contributed by atoms with van der Waals surface area (Å²) < 4.78 is 13.5. The molecule has 0 radical (unpaired) electrons. The molecule has 21 heavy (non-hydrogen) atoms. The van der Waals surface area contributed by atoms with Crippen molar-refractivity contribution in [2.75, 3.05) is 11.4 Å². The fourth-order valence-corrected chi connectivity index (χ4v) is 2.96. The average Bonchev–Trinajstić information content (AvgIpc) is 2.68. The molecule has 0 saturated heterocycles. The molecule has 0 aliphatic carbocycles. The molecule has 0 saturated carbocycles. The number of unbranched alkanes of at least 4 members (excludes halogenated alkanes) is 1. The summed E-state index contributed by atoms with van der Waals surface area (Å²) in [5.41, 5.74) is 1.46. The van der Waals surface area contributed by atoms with E-state index in [1.54, 1.807) is 11.8 Å². The van der Waals surface area contributed by atoms with Crippen LogP contribution in [0.3, 0.4) is 0 Å². The summed E-state index contributed by atoms with van der Waals surface area (Å²) in [7, 11) is 0. The number of hydrogen-bond acceptors (Lipinski definition) is 2. The molecule has 3 nitrogen and oxygen atoms in total. The van der Waals surface area contributed by atoms with E-state index in [4.69, 9.17) is 0 Å². The van der Waals surface area contributed by atoms with Gasteiger partial charge in [-0.3, -0.25) is 9.59 Å². The molecular weight excluding hydrogens is 269 g/mol. The lowest BCUT2D eigenvalue weighted by Gasteiger charge is -2.24. The molecule has 1 amide bonds. The lowest BCUT2D eigenvalue weighted by molar-refractivity contribution is -0.114. The first-order chi connectivity index (χ1) is 9.99. The van der Waals surface area contributed by atoms with E-state index in [0.717, 1.165) is 25.7 Å². The van der Waals surface area contributed by atoms with E-state index in [2.05, 4.69) is 13.8 Å². The van der Waals surface area contributed by atoms with Crippen LogP contribution in [0, 0.1) is 18.7 Å². The van der Waals surface area contributed by atoms with Crippen molar-refractivity contribution < 1.29 is 14.0 Å². The quantitative estimate of drug-likeness (QED) is 0.746. The Morgan fingerprint density at radius 3 is 2.57 bits per heavy atom. The van der Waals surface area contributed by atoms with Gasteiger partial charge in [0.05, 0.1) is 11.3 Å². The summed E-state index contributed by atoms with van der Waals surface area (Å²) in [6, 6.07) is 2.56. The Hall–Kier alpha value is -1.71. The summed E-state index contributed by atoms with van der Waals surface area (Å²) in [5, 5.41) is 0. The first-order valence-electron chi connectivity index (χ1n) is 7.65. The monoisotopic (exact) mass is 291 g/mol. The highest BCUT2D eigenvalue weighted by molar-refractivity contribution is 6.52. The Labute approximate surface area is 125 Å². The predicted octanol–water partition coefficient (Wildman–Crippen LogP) is 3.88. The zero-order chi connectivity index (χ0) is 15.6. The summed E-state index contributed by atoms with van der Waals surface area (Å²) in [6.07, 6.45) is 4.24. The van der Waals surface area contributed by atoms with Gasteiger partial charge in [0.15, 0.2) is 0 Å². The highest BCUT2D eigenvalue weighted by Crippen LogP contribution is 2.34. The van der Waals surface area contributed by atoms with Gasteiger partial charge >= 0.3 is 0 Å². The molecule has 1 atom stereocenters. The highest BCUT2D eigenvalue weighted by Gasteiger charge is 2.38. The molecular formula is C17H22FNO2. The van der Waals surface area contributed by atoms with Crippen LogP contribution >= 0.6 is 0 Å². The number of anilines is 1. The van der Waals surface area contributed by atoms with Crippen LogP contribution < -0.4 is 4.90 Å². The van der Waals surface area contributed by atoms with Gasteiger partial charge in [-0.15, -0.1) is 0 Å². The Morgan fingerprint density at radius 1 is 1.24 bits per heavy atom. The van der Waals surface area contributed by atoms with Gasteiger partial charge in [-0.25, -0.2) is 4.39 Å². The Bertz CT molecular complexity index is 568. The average molecular weight is 291 g/mol. The van der Waals surface area contributed by atoms with Gasteiger partial charge < -0.3 is 4.90 Å². The zero-order valence-electron chi connectivity index (χ0n) is 12.9. The lowest BCUT2D eigenvalue weighted by atomic mass is 9.98. The van der Waals surface area contributed by atoms with E-state index in [9.17, 15) is 14.0 Å². The molecule has 1 aliphatic heterocycles. The first-order valence-corrected chi connectivity index (χ1v) is 7.65. The van der Waals surface area contributed by atoms with Gasteiger partial charge in [0.25, 0.3) is 11.7 Å². The maximum Gasteiger partial charge on any atom is 0.299 e. The fraction of sp³-hybridized carbons (Fsp3) is 0.529. The molecule has 1 unspecified atom stereocenters. The van der Waals surface area contributed by atoms with Crippen LogP contribution in [0.25, 0.3) is 0 Å². The summed E-state index contributed by atoms with van der Waals surface area (Å²) in [4.78, 5) is 25.8. The minimum atomic E-state index is -0.585. The topological polar surface area (TPSA) is 37.4 Å². The number of carbonyl (C=O) groups is 2. The number of aryl methyl sites for hydroxylation is 1. The number of amides is 1. The standard InChI is InChI=1S/C17H22FNO2/c1-4-6-7-12(5-2)10-19-15-11(3)8-13(18)9-14(15)16(20)17(19)21/h8-9,12H,4-7,10H2,1-3H3. The van der Waals surface area contributed by atoms with Gasteiger partial charge in [0.2, 0.25) is 0 Å². The summed E-state index contributed by atoms with van der Waals surface area (Å²) in [5.74, 6) is -1.20. The first kappa shape index (κ1) is 15.7. The van der Waals surface area contributed by atoms with Crippen LogP contribution in [0.2, 0.25) is 0 Å². The Balaban J connectivity index is 2.30. The second-order valence-corrected chi connectivity index (χ2v) is 5.78. The van der Waals surface area contributed by atoms with Crippen molar-refractivity contribution in [3.05, 3.63) is 29.1 Å². The van der Waals surface area contributed by atoms with Gasteiger partial charge in [-0.2, -0.15) is 0 Å². The van der Waals surface area contributed by atoms with Crippen molar-refractivity contribution in [1.29, 1.82) is 0 Å². The summed E-state index contributed by atoms with van der Waals surface area (Å²) >= 11 is 0. The van der Waals surface area contributed by atoms with Crippen LogP contribution in [0.1, 0.15) is 55.5 Å². The van der Waals surface area contributed by atoms with E-state index in [1.165, 1.54) is 12.1 Å². The second-order valence-electron chi connectivity index (χ2n) is 5.78. The number of halogens is 1. The van der Waals surface area contributed by atoms with Gasteiger partial charge in [0.1, 0.15) is 5.82 Å². The number of Topliss-reactive ketones (excluding diaryl/α,β-unsaturated/α-hetero) is 1. The molecule has 0 bridgehead atoms. The molecule has 0 spiro atoms. The minimum absolute atomic E-state index is 0.211. The second kappa shape index (κ2) is 6.37. The van der Waals surface area contributed by atoms with Crippen LogP contribution in [-0.4, -0.2) is 18.2 Å². The van der Waals surface area contributed by atoms with Crippen molar-refractivity contribution in [1.82, 2.24) is 0 Å². The minimum Gasteiger partial charge on any atom is -0.304 e. The lowest BCUT2D eigenvalue weighted by Crippen LogP contribution is -2.34. The maximum absolute atomic E-state index is 13.5. The van der Waals surface area contributed by atoms with Crippen molar-refractivity contribution >= 4 is 17.4 Å². The molecule has 0 aromatic heterocycles. The molecule has 1 aromatic carbocycles. The Kier molecular flexibility index (Phi) is 4.76. The van der Waals surface area contributed by atoms with Crippen molar-refractivity contribution in [2.24, 2.45) is 5.92 Å². The van der Waals surface area contributed by atoms with Crippen LogP contribution in [0.5, 0.6) is 0 Å². The van der Waals surface area contributed by atoms with E-state index in [1.807, 2.05) is 0 Å². The third-order valence-corrected chi connectivity index (χ3v) is 4.20. The smallest absolute Gasteiger partial charge is 0.299 e. The maximum atomic E-state index is 13.5. The van der Waals surface area contributed by atoms with E-state index in [0.29, 0.717) is 23.7 Å². The molecule has 114 valence electrons. The van der Waals surface area contributed by atoms with Gasteiger partial charge in [0, 0.05) is 6.54 Å². The van der Waals surface area contributed by atoms with Crippen molar-refractivity contribution in [2.45, 2.75) is 46.5 Å². The van der Waals surface area contributed by atoms with E-state index >= 15 is 0 Å². The van der Waals surface area contributed by atoms with E-state index < -0.39 is 17.5 Å². The molecule has 0 N–H and O–H groups in total. The molecule has 1 aromatic rings. The van der Waals surface area contributed by atoms with Crippen LogP contribution in [0.4, 0.5) is 10.1 Å². The third kappa shape index (κ3) is 2.99. The number of carbonyl (C=O) groups excluding carboxylic acids is 2. The Morgan fingerprint density at radius 2 is 1.95 bits per heavy atom. The van der Waals surface area contributed by atoms with Gasteiger partial charge in [-0.05, 0) is 37.0 Å². The number of hydrogen-bond donors (Lipinski definition) is 0. The third-order valence-electron chi connectivity index (χ3n) is 4.20. The fourth-order valence-electron chi connectivity index (χ4n) is 2.96. The number of ketones is 1. The highest BCUT2D eigenvalue weighted by atomic mass is 19.1. The van der Waals surface area contributed by atoms with Crippen molar-refractivity contribution in [3.8, 4) is 0 Å². The molecule has 4 heteroatoms. The zero-order valence-corrected chi connectivity index (χ0v) is 12.9. The molecule has 2 rings (SSSR count). The van der Waals surface area contributed by atoms with E-state index in [-0.39, 0.29) is 5.56 Å². The molecule has 1 heterocycles. The predicted molar refractivity (Wildman–Crippen MR) is 81.1 cm³/mol. The van der Waals surface area contributed by atoms with Crippen molar-refractivity contribution in [3.63, 3.8) is 0 Å². The molecule has 0 fully saturated rings. The number of benzene rings is 1. The number of rotatable bonds is 6. The van der Waals surface area contributed by atoms with Gasteiger partial charge in [-0.1, -0.05) is 33.1 Å². The SMILES string of the molecule is CCCCC(CC)CN1C(=O)C(=O)c2cc(F)cc(C)c21. The number of nitrogens with zero attached hydrogens (tertiary/aromatic N) is 1. The largest absolute Gasteiger partial charge is 0.304 e. The van der Waals surface area contributed by atoms with Crippen LogP contribution in [0.15, 0.2) is 12.1 Å².